The van der Waals surface area contributed by atoms with E-state index in [9.17, 15) is 8.42 Å². The van der Waals surface area contributed by atoms with Gasteiger partial charge >= 0.3 is 0 Å². The van der Waals surface area contributed by atoms with E-state index in [0.717, 1.165) is 35.3 Å². The van der Waals surface area contributed by atoms with Gasteiger partial charge < -0.3 is 0 Å². The van der Waals surface area contributed by atoms with Crippen molar-refractivity contribution in [1.82, 2.24) is 14.4 Å². The number of unbranched alkanes of at least 4 members (excludes halogenated alkanes) is 1. The molecule has 0 amide bonds. The van der Waals surface area contributed by atoms with Crippen molar-refractivity contribution in [3.63, 3.8) is 0 Å². The molecule has 0 aliphatic rings. The predicted octanol–water partition coefficient (Wildman–Crippen LogP) is 0.428. The molecule has 0 unspecified atom stereocenters. The van der Waals surface area contributed by atoms with E-state index >= 15 is 0 Å². The highest BCUT2D eigenvalue weighted by atomic mass is 32.2. The highest BCUT2D eigenvalue weighted by Crippen LogP contribution is 2.01. The molecule has 0 atom stereocenters. The molecule has 1 aromatic rings. The minimum absolute atomic E-state index is 0.729. The number of hydrogen-bond acceptors (Lipinski definition) is 4. The molecule has 0 saturated heterocycles. The lowest BCUT2D eigenvalue weighted by molar-refractivity contribution is 0.583. The molecule has 0 aliphatic heterocycles. The summed E-state index contributed by atoms with van der Waals surface area (Å²) in [5.41, 5.74) is 0.729. The van der Waals surface area contributed by atoms with Gasteiger partial charge in [-0.15, -0.1) is 9.19 Å². The summed E-state index contributed by atoms with van der Waals surface area (Å²) in [4.78, 5) is 0. The van der Waals surface area contributed by atoms with E-state index in [1.807, 2.05) is 0 Å². The van der Waals surface area contributed by atoms with Crippen LogP contribution in [-0.2, 0) is 16.4 Å². The Bertz CT molecular complexity index is 369. The third-order valence-corrected chi connectivity index (χ3v) is 2.51. The average molecular weight is 203 g/mol. The van der Waals surface area contributed by atoms with Gasteiger partial charge in [-0.05, 0) is 12.8 Å². The fraction of sp³-hybridized carbons (Fsp3) is 0.714. The molecule has 0 fully saturated rings. The highest BCUT2D eigenvalue weighted by molar-refractivity contribution is 7.89. The van der Waals surface area contributed by atoms with Crippen LogP contribution in [0.4, 0.5) is 0 Å². The Balaban J connectivity index is 2.76. The molecule has 13 heavy (non-hydrogen) atoms. The van der Waals surface area contributed by atoms with Crippen molar-refractivity contribution in [1.29, 1.82) is 0 Å². The Labute approximate surface area is 77.8 Å². The summed E-state index contributed by atoms with van der Waals surface area (Å²) in [6, 6.07) is 0. The summed E-state index contributed by atoms with van der Waals surface area (Å²) >= 11 is 0. The summed E-state index contributed by atoms with van der Waals surface area (Å²) in [5.74, 6) is 0. The van der Waals surface area contributed by atoms with E-state index in [0.29, 0.717) is 0 Å². The monoisotopic (exact) mass is 203 g/mol. The zero-order valence-electron chi connectivity index (χ0n) is 7.77. The van der Waals surface area contributed by atoms with Crippen molar-refractivity contribution in [3.8, 4) is 0 Å². The smallest absolute Gasteiger partial charge is 0.205 e. The molecule has 74 valence electrons. The fourth-order valence-electron chi connectivity index (χ4n) is 0.915. The Kier molecular flexibility index (Phi) is 3.02. The number of rotatable bonds is 4. The van der Waals surface area contributed by atoms with E-state index < -0.39 is 10.0 Å². The van der Waals surface area contributed by atoms with Gasteiger partial charge in [0.1, 0.15) is 0 Å². The maximum atomic E-state index is 11.0. The van der Waals surface area contributed by atoms with Gasteiger partial charge in [0.25, 0.3) is 10.0 Å². The van der Waals surface area contributed by atoms with Crippen LogP contribution in [0.2, 0.25) is 0 Å². The molecule has 0 spiro atoms. The SMILES string of the molecule is CCCCc1cn(S(C)(=O)=O)nn1. The van der Waals surface area contributed by atoms with Crippen molar-refractivity contribution in [2.75, 3.05) is 6.26 Å². The molecule has 0 bridgehead atoms. The topological polar surface area (TPSA) is 64.8 Å². The minimum atomic E-state index is -3.26. The van der Waals surface area contributed by atoms with Gasteiger partial charge in [0, 0.05) is 0 Å². The number of hydrogen-bond donors (Lipinski definition) is 0. The molecule has 6 heteroatoms. The molecular weight excluding hydrogens is 190 g/mol. The zero-order valence-corrected chi connectivity index (χ0v) is 8.58. The van der Waals surface area contributed by atoms with Crippen LogP contribution in [0.15, 0.2) is 6.20 Å². The summed E-state index contributed by atoms with van der Waals surface area (Å²) in [7, 11) is -3.26. The molecule has 1 heterocycles. The first-order valence-electron chi connectivity index (χ1n) is 4.16. The Hall–Kier alpha value is -0.910. The van der Waals surface area contributed by atoms with Gasteiger partial charge in [-0.2, -0.15) is 0 Å². The van der Waals surface area contributed by atoms with Crippen molar-refractivity contribution >= 4 is 10.0 Å². The summed E-state index contributed by atoms with van der Waals surface area (Å²) < 4.78 is 22.9. The fourth-order valence-corrected chi connectivity index (χ4v) is 1.40. The third kappa shape index (κ3) is 2.80. The number of aromatic nitrogens is 3. The van der Waals surface area contributed by atoms with E-state index in [1.54, 1.807) is 0 Å². The molecule has 5 nitrogen and oxygen atoms in total. The van der Waals surface area contributed by atoms with Crippen LogP contribution in [0.1, 0.15) is 25.5 Å². The molecule has 0 saturated carbocycles. The maximum absolute atomic E-state index is 11.0. The van der Waals surface area contributed by atoms with Crippen molar-refractivity contribution in [3.05, 3.63) is 11.9 Å². The minimum Gasteiger partial charge on any atom is -0.205 e. The number of aryl methyl sites for hydroxylation is 1. The lowest BCUT2D eigenvalue weighted by atomic mass is 10.2. The van der Waals surface area contributed by atoms with Crippen LogP contribution in [0.5, 0.6) is 0 Å². The van der Waals surface area contributed by atoms with Crippen LogP contribution < -0.4 is 0 Å². The average Bonchev–Trinajstić information content (AvgIpc) is 2.47. The first-order valence-corrected chi connectivity index (χ1v) is 6.00. The molecule has 0 N–H and O–H groups in total. The normalized spacial score (nSPS) is 11.8. The van der Waals surface area contributed by atoms with Gasteiger partial charge in [-0.3, -0.25) is 0 Å². The molecule has 1 rings (SSSR count). The van der Waals surface area contributed by atoms with Gasteiger partial charge in [0.2, 0.25) is 0 Å². The largest absolute Gasteiger partial charge is 0.252 e. The van der Waals surface area contributed by atoms with Crippen LogP contribution in [-0.4, -0.2) is 29.1 Å². The second kappa shape index (κ2) is 3.87. The van der Waals surface area contributed by atoms with E-state index in [-0.39, 0.29) is 0 Å². The van der Waals surface area contributed by atoms with Gasteiger partial charge in [0.05, 0.1) is 18.1 Å². The van der Waals surface area contributed by atoms with Crippen LogP contribution in [0, 0.1) is 0 Å². The molecular formula is C7H13N3O2S. The van der Waals surface area contributed by atoms with Crippen LogP contribution in [0.3, 0.4) is 0 Å². The zero-order chi connectivity index (χ0) is 9.90. The van der Waals surface area contributed by atoms with E-state index in [4.69, 9.17) is 0 Å². The van der Waals surface area contributed by atoms with Crippen LogP contribution >= 0.6 is 0 Å². The highest BCUT2D eigenvalue weighted by Gasteiger charge is 2.07. The quantitative estimate of drug-likeness (QED) is 0.711. The lowest BCUT2D eigenvalue weighted by Crippen LogP contribution is -2.10. The first-order chi connectivity index (χ1) is 6.04. The van der Waals surface area contributed by atoms with E-state index in [1.165, 1.54) is 6.20 Å². The summed E-state index contributed by atoms with van der Waals surface area (Å²) in [5, 5.41) is 7.27. The van der Waals surface area contributed by atoms with Gasteiger partial charge in [-0.25, -0.2) is 8.42 Å². The molecule has 0 aromatic carbocycles. The summed E-state index contributed by atoms with van der Waals surface area (Å²) in [6.45, 7) is 2.07. The Morgan fingerprint density at radius 2 is 2.23 bits per heavy atom. The van der Waals surface area contributed by atoms with Crippen molar-refractivity contribution < 1.29 is 8.42 Å². The third-order valence-electron chi connectivity index (χ3n) is 1.65. The molecule has 0 radical (unpaired) electrons. The van der Waals surface area contributed by atoms with Crippen molar-refractivity contribution in [2.45, 2.75) is 26.2 Å². The second-order valence-electron chi connectivity index (χ2n) is 2.95. The Morgan fingerprint density at radius 1 is 1.54 bits per heavy atom. The standard InChI is InChI=1S/C7H13N3O2S/c1-3-4-5-7-6-10(9-8-7)13(2,11)12/h6H,3-5H2,1-2H3. The maximum Gasteiger partial charge on any atom is 0.252 e. The molecule has 0 aliphatic carbocycles. The number of nitrogens with zero attached hydrogens (tertiary/aromatic N) is 3. The predicted molar refractivity (Wildman–Crippen MR) is 48.9 cm³/mol. The summed E-state index contributed by atoms with van der Waals surface area (Å²) in [6.07, 6.45) is 5.41. The van der Waals surface area contributed by atoms with Gasteiger partial charge in [-0.1, -0.05) is 18.6 Å². The van der Waals surface area contributed by atoms with Gasteiger partial charge in [0.15, 0.2) is 0 Å². The lowest BCUT2D eigenvalue weighted by Gasteiger charge is -1.92. The van der Waals surface area contributed by atoms with Crippen LogP contribution in [0.25, 0.3) is 0 Å². The van der Waals surface area contributed by atoms with E-state index in [2.05, 4.69) is 17.2 Å². The molecule has 1 aromatic heterocycles. The second-order valence-corrected chi connectivity index (χ2v) is 4.79. The Morgan fingerprint density at radius 3 is 2.69 bits per heavy atom. The first kappa shape index (κ1) is 10.2. The van der Waals surface area contributed by atoms with Crippen molar-refractivity contribution in [2.24, 2.45) is 0 Å².